The lowest BCUT2D eigenvalue weighted by Gasteiger charge is -2.29. The number of urea groups is 2. The van der Waals surface area contributed by atoms with Crippen molar-refractivity contribution in [1.82, 2.24) is 24.6 Å². The smallest absolute Gasteiger partial charge is 0.358 e. The summed E-state index contributed by atoms with van der Waals surface area (Å²) in [5.74, 6) is -0.916. The normalized spacial score (nSPS) is 14.1. The van der Waals surface area contributed by atoms with Gasteiger partial charge >= 0.3 is 24.0 Å². The maximum atomic E-state index is 13.4. The Hall–Kier alpha value is -9.88. The van der Waals surface area contributed by atoms with E-state index >= 15 is 0 Å². The third-order valence-corrected chi connectivity index (χ3v) is 14.9. The van der Waals surface area contributed by atoms with Crippen molar-refractivity contribution in [2.45, 2.75) is 72.6 Å². The molecule has 0 aliphatic carbocycles. The van der Waals surface area contributed by atoms with Crippen LogP contribution in [0, 0.1) is 0 Å². The Morgan fingerprint density at radius 2 is 1.47 bits per heavy atom. The van der Waals surface area contributed by atoms with Crippen LogP contribution in [0.5, 0.6) is 17.2 Å². The molecule has 19 heteroatoms. The van der Waals surface area contributed by atoms with E-state index in [1.165, 1.54) is 16.9 Å². The summed E-state index contributed by atoms with van der Waals surface area (Å²) in [7, 11) is 0. The van der Waals surface area contributed by atoms with Crippen molar-refractivity contribution in [1.29, 1.82) is 0 Å². The quantitative estimate of drug-likeness (QED) is 0.0937. The number of hydrogen-bond acceptors (Lipinski definition) is 12. The average Bonchev–Trinajstić information content (AvgIpc) is 3.39. The minimum atomic E-state index is -1.18. The number of aryl methyl sites for hydroxylation is 2. The topological polar surface area (TPSA) is 223 Å². The van der Waals surface area contributed by atoms with Gasteiger partial charge < -0.3 is 24.4 Å². The van der Waals surface area contributed by atoms with Gasteiger partial charge in [0.05, 0.1) is 52.6 Å². The number of fused-ring (bicyclic) bond motifs is 10. The number of nitrogens with one attached hydrogen (secondary N) is 2. The largest absolute Gasteiger partial charge is 0.491 e. The summed E-state index contributed by atoms with van der Waals surface area (Å²) >= 11 is 1.44. The van der Waals surface area contributed by atoms with Crippen LogP contribution < -0.4 is 34.6 Å². The number of pyridine rings is 3. The first-order valence-corrected chi connectivity index (χ1v) is 29.4. The van der Waals surface area contributed by atoms with E-state index in [-0.39, 0.29) is 34.9 Å². The third kappa shape index (κ3) is 14.5. The Kier molecular flexibility index (Phi) is 20.0. The van der Waals surface area contributed by atoms with Gasteiger partial charge in [0.1, 0.15) is 12.4 Å². The van der Waals surface area contributed by atoms with Crippen molar-refractivity contribution in [3.8, 4) is 39.8 Å². The number of ether oxygens (including phenoxy) is 3. The average molecular weight is 1160 g/mol. The highest BCUT2D eigenvalue weighted by Crippen LogP contribution is 2.38. The number of hydrogen-bond donors (Lipinski definition) is 4. The van der Waals surface area contributed by atoms with E-state index in [2.05, 4.69) is 55.5 Å². The first-order chi connectivity index (χ1) is 41.5. The highest BCUT2D eigenvalue weighted by molar-refractivity contribution is 7.22. The number of rotatable bonds is 10. The predicted octanol–water partition coefficient (Wildman–Crippen LogP) is 14.5. The molecule has 18 nitrogen and oxygen atoms in total. The van der Waals surface area contributed by atoms with E-state index in [9.17, 15) is 29.4 Å². The summed E-state index contributed by atoms with van der Waals surface area (Å²) in [5, 5.41) is 30.7. The molecule has 5 aromatic heterocycles. The second-order valence-electron chi connectivity index (χ2n) is 19.3. The Bertz CT molecular complexity index is 3870. The highest BCUT2D eigenvalue weighted by Gasteiger charge is 2.28. The van der Waals surface area contributed by atoms with Crippen molar-refractivity contribution in [2.24, 2.45) is 0 Å². The number of carboxylic acid groups (broad SMARTS) is 2. The molecule has 4 aromatic carbocycles. The summed E-state index contributed by atoms with van der Waals surface area (Å²) in [6, 6.07) is 40.9. The van der Waals surface area contributed by atoms with Gasteiger partial charge in [-0.05, 0) is 128 Å². The fourth-order valence-electron chi connectivity index (χ4n) is 9.86. The molecule has 0 saturated carbocycles. The van der Waals surface area contributed by atoms with Gasteiger partial charge in [-0.25, -0.2) is 38.6 Å². The number of aromatic nitrogens is 5. The number of para-hydroxylation sites is 1. The van der Waals surface area contributed by atoms with Gasteiger partial charge in [0.15, 0.2) is 33.8 Å². The fraction of sp³-hybridized carbons (Fsp3) is 0.242. The van der Waals surface area contributed by atoms with Gasteiger partial charge in [0, 0.05) is 35.6 Å². The molecule has 0 atom stereocenters. The minimum absolute atomic E-state index is 0.134. The lowest BCUT2D eigenvalue weighted by Crippen LogP contribution is -2.40. The zero-order valence-corrected chi connectivity index (χ0v) is 48.7. The SMILES string of the molecule is C=C/C1=C\Cc2ccc3cc(nn3c2)NC(=O)N2CCOc3ccc(cc32)-c2ccc(c(C(=O)O)n2)OCCC1.CC.CC.O=C(O)c1nc(-c2ccc3c(c2)N(C(=O)Nc2nc4ccccc4s2)CCC3)ccc1OCCCc1ccccc1. The fourth-order valence-corrected chi connectivity index (χ4v) is 10.7. The molecule has 0 saturated heterocycles. The summed E-state index contributed by atoms with van der Waals surface area (Å²) in [6.45, 7) is 13.9. The maximum absolute atomic E-state index is 13.4. The molecule has 4 N–H and O–H groups in total. The van der Waals surface area contributed by atoms with E-state index < -0.39 is 11.9 Å². The van der Waals surface area contributed by atoms with E-state index in [0.717, 1.165) is 75.8 Å². The van der Waals surface area contributed by atoms with Crippen LogP contribution in [0.15, 0.2) is 164 Å². The number of anilines is 4. The van der Waals surface area contributed by atoms with Crippen LogP contribution in [-0.4, -0.2) is 91.7 Å². The van der Waals surface area contributed by atoms with Crippen molar-refractivity contribution >= 4 is 73.4 Å². The van der Waals surface area contributed by atoms with E-state index in [1.807, 2.05) is 119 Å². The number of thiazole rings is 1. The maximum Gasteiger partial charge on any atom is 0.358 e. The van der Waals surface area contributed by atoms with Gasteiger partial charge in [0.2, 0.25) is 0 Å². The monoisotopic (exact) mass is 1160 g/mol. The first-order valence-electron chi connectivity index (χ1n) is 28.5. The summed E-state index contributed by atoms with van der Waals surface area (Å²) in [6.07, 6.45) is 11.3. The van der Waals surface area contributed by atoms with Crippen molar-refractivity contribution < 1.29 is 43.6 Å². The van der Waals surface area contributed by atoms with Gasteiger partial charge in [0.25, 0.3) is 0 Å². The molecule has 7 bridgehead atoms. The van der Waals surface area contributed by atoms with Crippen LogP contribution in [0.4, 0.5) is 31.9 Å². The molecule has 4 amide bonds. The molecule has 4 aliphatic rings. The molecule has 436 valence electrons. The number of allylic oxidation sites excluding steroid dienone is 3. The van der Waals surface area contributed by atoms with Crippen LogP contribution in [0.1, 0.15) is 91.0 Å². The summed E-state index contributed by atoms with van der Waals surface area (Å²) in [4.78, 5) is 67.5. The Labute approximate surface area is 497 Å². The first kappa shape index (κ1) is 59.7. The van der Waals surface area contributed by atoms with Gasteiger partial charge in [-0.2, -0.15) is 0 Å². The Balaban J connectivity index is 0.000000192. The molecule has 9 aromatic rings. The Morgan fingerprint density at radius 1 is 0.753 bits per heavy atom. The summed E-state index contributed by atoms with van der Waals surface area (Å²) < 4.78 is 20.2. The number of carbonyl (C=O) groups excluding carboxylic acids is 2. The zero-order chi connectivity index (χ0) is 59.8. The van der Waals surface area contributed by atoms with Gasteiger partial charge in [-0.3, -0.25) is 20.4 Å². The van der Waals surface area contributed by atoms with E-state index in [0.29, 0.717) is 85.1 Å². The summed E-state index contributed by atoms with van der Waals surface area (Å²) in [5.41, 5.74) is 9.41. The van der Waals surface area contributed by atoms with Crippen LogP contribution in [-0.2, 0) is 19.3 Å². The highest BCUT2D eigenvalue weighted by atomic mass is 32.1. The molecular weight excluding hydrogens is 1090 g/mol. The second kappa shape index (κ2) is 28.4. The number of carbonyl (C=O) groups is 4. The molecule has 0 radical (unpaired) electrons. The van der Waals surface area contributed by atoms with Gasteiger partial charge in [-0.1, -0.05) is 124 Å². The molecule has 85 heavy (non-hydrogen) atoms. The third-order valence-electron chi connectivity index (χ3n) is 13.9. The predicted molar refractivity (Wildman–Crippen MR) is 334 cm³/mol. The van der Waals surface area contributed by atoms with E-state index in [1.54, 1.807) is 56.8 Å². The molecule has 0 unspecified atom stereocenters. The van der Waals surface area contributed by atoms with E-state index in [4.69, 9.17) is 14.2 Å². The van der Waals surface area contributed by atoms with Crippen LogP contribution in [0.2, 0.25) is 0 Å². The minimum Gasteiger partial charge on any atom is -0.491 e. The molecule has 9 heterocycles. The Morgan fingerprint density at radius 3 is 2.25 bits per heavy atom. The van der Waals surface area contributed by atoms with Crippen molar-refractivity contribution in [2.75, 3.05) is 53.3 Å². The van der Waals surface area contributed by atoms with Crippen LogP contribution in [0.3, 0.4) is 0 Å². The van der Waals surface area contributed by atoms with Crippen molar-refractivity contribution in [3.05, 3.63) is 192 Å². The lowest BCUT2D eigenvalue weighted by atomic mass is 9.98. The van der Waals surface area contributed by atoms with Crippen molar-refractivity contribution in [3.63, 3.8) is 0 Å². The number of amides is 4. The molecule has 0 spiro atoms. The number of nitrogens with zero attached hydrogens (tertiary/aromatic N) is 7. The lowest BCUT2D eigenvalue weighted by molar-refractivity contribution is 0.0674. The second-order valence-corrected chi connectivity index (χ2v) is 20.4. The number of carboxylic acids is 2. The van der Waals surface area contributed by atoms with Crippen LogP contribution in [0.25, 0.3) is 38.2 Å². The zero-order valence-electron chi connectivity index (χ0n) is 47.9. The van der Waals surface area contributed by atoms with Crippen LogP contribution >= 0.6 is 11.3 Å². The number of aromatic carboxylic acids is 2. The molecular formula is C66H67N9O9S. The van der Waals surface area contributed by atoms with Gasteiger partial charge in [-0.15, -0.1) is 5.10 Å². The molecule has 4 aliphatic heterocycles. The number of benzene rings is 4. The standard InChI is InChI=1S/C32H28N4O4S.C30H27N5O5.2C2H6/c37-30(38)29-27(40-19-7-10-21-8-2-1-3-9-21)17-16-24(33-29)23-15-14-22-11-6-18-36(26(22)20-23)32(39)35-31-34-25-12-4-5-13-28(25)41-31;1-2-19-4-3-14-39-26-12-10-23(31-28(26)29(36)37)21-8-11-25-24(16-21)34(13-15-40-25)30(38)32-27-17-22-9-7-20(6-5-19)18-35(22)33-27;2*1-2/h1-5,8-9,12-17,20H,6-7,10-11,18-19H2,(H,37,38)(H,34,35,39);2,5,7-12,16-18H,1,3-4,6,13-15H2,(H,36,37)(H,32,33,38);2*1-2H3/b;19-5+;;. The molecule has 13 rings (SSSR count). The molecule has 0 fully saturated rings.